The second kappa shape index (κ2) is 7.85. The molecule has 0 unspecified atom stereocenters. The third kappa shape index (κ3) is 4.06. The highest BCUT2D eigenvalue weighted by molar-refractivity contribution is 7.99. The van der Waals surface area contributed by atoms with Crippen molar-refractivity contribution in [2.24, 2.45) is 0 Å². The predicted molar refractivity (Wildman–Crippen MR) is 95.5 cm³/mol. The Labute approximate surface area is 147 Å². The number of allylic oxidation sites excluding steroid dienone is 1. The number of carbonyl (C=O) groups excluding carboxylic acids is 2. The lowest BCUT2D eigenvalue weighted by Gasteiger charge is -2.02. The Balaban J connectivity index is 1.65. The maximum Gasteiger partial charge on any atom is 0.273 e. The van der Waals surface area contributed by atoms with Crippen molar-refractivity contribution in [3.05, 3.63) is 70.7 Å². The van der Waals surface area contributed by atoms with Gasteiger partial charge < -0.3 is 0 Å². The first kappa shape index (κ1) is 16.4. The lowest BCUT2D eigenvalue weighted by molar-refractivity contribution is 0.0942. The Morgan fingerprint density at radius 2 is 2.00 bits per heavy atom. The minimum atomic E-state index is -0.296. The van der Waals surface area contributed by atoms with E-state index in [-0.39, 0.29) is 17.4 Å². The maximum absolute atomic E-state index is 12.2. The Hall–Kier alpha value is -2.51. The van der Waals surface area contributed by atoms with Crippen molar-refractivity contribution in [3.8, 4) is 0 Å². The van der Waals surface area contributed by atoms with Gasteiger partial charge >= 0.3 is 0 Å². The Bertz CT molecular complexity index is 855. The summed E-state index contributed by atoms with van der Waals surface area (Å²) in [6.45, 7) is 0. The molecule has 0 radical (unpaired) electrons. The van der Waals surface area contributed by atoms with Gasteiger partial charge in [0.2, 0.25) is 0 Å². The molecule has 120 valence electrons. The molecule has 3 rings (SSSR count). The second-order valence-electron chi connectivity index (χ2n) is 4.72. The zero-order chi connectivity index (χ0) is 16.8. The van der Waals surface area contributed by atoms with Gasteiger partial charge in [-0.2, -0.15) is 9.78 Å². The molecule has 0 N–H and O–H groups in total. The topological polar surface area (TPSA) is 64.8 Å². The summed E-state index contributed by atoms with van der Waals surface area (Å²) in [4.78, 5) is 29.4. The van der Waals surface area contributed by atoms with E-state index in [1.54, 1.807) is 29.5 Å². The standard InChI is InChI=1S/C17H13N3O2S2/c21-15(13-5-2-1-3-6-13)11-24-17-18-12-19-20(17)16(22)9-8-14-7-4-10-23-14/h1-10,12H,11H2. The SMILES string of the molecule is O=C(CSc1ncnn1C(=O)C=Cc1cccs1)c1ccccc1. The van der Waals surface area contributed by atoms with E-state index in [0.29, 0.717) is 10.7 Å². The number of ketones is 1. The van der Waals surface area contributed by atoms with Crippen molar-refractivity contribution in [1.29, 1.82) is 0 Å². The molecular formula is C17H13N3O2S2. The summed E-state index contributed by atoms with van der Waals surface area (Å²) in [5.41, 5.74) is 0.639. The van der Waals surface area contributed by atoms with Gasteiger partial charge in [0.15, 0.2) is 10.9 Å². The summed E-state index contributed by atoms with van der Waals surface area (Å²) in [6, 6.07) is 12.9. The predicted octanol–water partition coefficient (Wildman–Crippen LogP) is 3.67. The van der Waals surface area contributed by atoms with E-state index in [0.717, 1.165) is 4.88 Å². The molecule has 2 heterocycles. The molecule has 7 heteroatoms. The van der Waals surface area contributed by atoms with Gasteiger partial charge in [-0.15, -0.1) is 11.3 Å². The smallest absolute Gasteiger partial charge is 0.273 e. The number of thioether (sulfide) groups is 1. The molecule has 2 aromatic heterocycles. The van der Waals surface area contributed by atoms with Gasteiger partial charge in [-0.3, -0.25) is 9.59 Å². The zero-order valence-corrected chi connectivity index (χ0v) is 14.2. The first-order valence-electron chi connectivity index (χ1n) is 7.11. The monoisotopic (exact) mass is 355 g/mol. The molecule has 0 spiro atoms. The number of Topliss-reactive ketones (excluding diaryl/α,β-unsaturated/α-hetero) is 1. The molecule has 3 aromatic rings. The average molecular weight is 355 g/mol. The van der Waals surface area contributed by atoms with Crippen molar-refractivity contribution >= 4 is 40.9 Å². The van der Waals surface area contributed by atoms with Crippen LogP contribution in [0.15, 0.2) is 65.4 Å². The van der Waals surface area contributed by atoms with E-state index in [4.69, 9.17) is 0 Å². The number of carbonyl (C=O) groups is 2. The second-order valence-corrected chi connectivity index (χ2v) is 6.64. The van der Waals surface area contributed by atoms with E-state index < -0.39 is 0 Å². The Morgan fingerprint density at radius 1 is 1.17 bits per heavy atom. The van der Waals surface area contributed by atoms with Crippen LogP contribution in [-0.2, 0) is 0 Å². The molecule has 0 atom stereocenters. The molecule has 0 amide bonds. The Kier molecular flexibility index (Phi) is 5.35. The van der Waals surface area contributed by atoms with Crippen LogP contribution in [0.1, 0.15) is 20.0 Å². The minimum absolute atomic E-state index is 0.0169. The minimum Gasteiger partial charge on any atom is -0.293 e. The number of nitrogens with zero attached hydrogens (tertiary/aromatic N) is 3. The van der Waals surface area contributed by atoms with Crippen LogP contribution in [0.3, 0.4) is 0 Å². The van der Waals surface area contributed by atoms with Crippen LogP contribution in [0, 0.1) is 0 Å². The molecule has 0 fully saturated rings. The van der Waals surface area contributed by atoms with Gasteiger partial charge in [0.25, 0.3) is 5.91 Å². The van der Waals surface area contributed by atoms with Crippen LogP contribution in [-0.4, -0.2) is 32.2 Å². The van der Waals surface area contributed by atoms with Crippen LogP contribution in [0.25, 0.3) is 6.08 Å². The maximum atomic E-state index is 12.2. The molecule has 0 aliphatic rings. The van der Waals surface area contributed by atoms with Crippen molar-refractivity contribution in [2.75, 3.05) is 5.75 Å². The van der Waals surface area contributed by atoms with Crippen LogP contribution in [0.5, 0.6) is 0 Å². The third-order valence-corrected chi connectivity index (χ3v) is 4.87. The van der Waals surface area contributed by atoms with Gasteiger partial charge in [-0.05, 0) is 17.5 Å². The molecule has 0 aliphatic heterocycles. The summed E-state index contributed by atoms with van der Waals surface area (Å²) in [6.07, 6.45) is 4.49. The Morgan fingerprint density at radius 3 is 2.75 bits per heavy atom. The van der Waals surface area contributed by atoms with Crippen LogP contribution in [0.4, 0.5) is 0 Å². The summed E-state index contributed by atoms with van der Waals surface area (Å²) in [7, 11) is 0. The first-order chi connectivity index (χ1) is 11.7. The molecule has 0 saturated heterocycles. The molecule has 0 bridgehead atoms. The number of hydrogen-bond donors (Lipinski definition) is 0. The van der Waals surface area contributed by atoms with Crippen LogP contribution < -0.4 is 0 Å². The summed E-state index contributed by atoms with van der Waals surface area (Å²) >= 11 is 2.74. The quantitative estimate of drug-likeness (QED) is 0.383. The van der Waals surface area contributed by atoms with E-state index in [1.165, 1.54) is 28.8 Å². The molecule has 0 saturated carbocycles. The highest BCUT2D eigenvalue weighted by Gasteiger charge is 2.13. The molecule has 24 heavy (non-hydrogen) atoms. The number of thiophene rings is 1. The van der Waals surface area contributed by atoms with Crippen LogP contribution in [0.2, 0.25) is 0 Å². The summed E-state index contributed by atoms with van der Waals surface area (Å²) in [5, 5.41) is 6.29. The lowest BCUT2D eigenvalue weighted by atomic mass is 10.2. The van der Waals surface area contributed by atoms with E-state index in [1.807, 2.05) is 35.7 Å². The number of aromatic nitrogens is 3. The molecular weight excluding hydrogens is 342 g/mol. The largest absolute Gasteiger partial charge is 0.293 e. The van der Waals surface area contributed by atoms with E-state index in [9.17, 15) is 9.59 Å². The van der Waals surface area contributed by atoms with Gasteiger partial charge in [-0.25, -0.2) is 4.98 Å². The lowest BCUT2D eigenvalue weighted by Crippen LogP contribution is -2.11. The normalized spacial score (nSPS) is 11.0. The fourth-order valence-electron chi connectivity index (χ4n) is 1.93. The van der Waals surface area contributed by atoms with E-state index in [2.05, 4.69) is 10.1 Å². The summed E-state index contributed by atoms with van der Waals surface area (Å²) < 4.78 is 1.20. The molecule has 0 aliphatic carbocycles. The van der Waals surface area contributed by atoms with Crippen molar-refractivity contribution in [3.63, 3.8) is 0 Å². The first-order valence-corrected chi connectivity index (χ1v) is 8.97. The molecule has 5 nitrogen and oxygen atoms in total. The zero-order valence-electron chi connectivity index (χ0n) is 12.5. The number of rotatable bonds is 6. The van der Waals surface area contributed by atoms with Gasteiger partial charge in [0.1, 0.15) is 6.33 Å². The highest BCUT2D eigenvalue weighted by atomic mass is 32.2. The number of hydrogen-bond acceptors (Lipinski definition) is 6. The van der Waals surface area contributed by atoms with E-state index >= 15 is 0 Å². The fraction of sp³-hybridized carbons (Fsp3) is 0.0588. The van der Waals surface area contributed by atoms with Gasteiger partial charge in [-0.1, -0.05) is 48.2 Å². The number of benzene rings is 1. The highest BCUT2D eigenvalue weighted by Crippen LogP contribution is 2.17. The fourth-order valence-corrected chi connectivity index (χ4v) is 3.35. The van der Waals surface area contributed by atoms with Crippen molar-refractivity contribution in [1.82, 2.24) is 14.8 Å². The van der Waals surface area contributed by atoms with Crippen molar-refractivity contribution < 1.29 is 9.59 Å². The molecule has 1 aromatic carbocycles. The van der Waals surface area contributed by atoms with Gasteiger partial charge in [0, 0.05) is 16.5 Å². The van der Waals surface area contributed by atoms with Gasteiger partial charge in [0.05, 0.1) is 5.75 Å². The van der Waals surface area contributed by atoms with Crippen LogP contribution >= 0.6 is 23.1 Å². The summed E-state index contributed by atoms with van der Waals surface area (Å²) in [5.74, 6) is -0.114. The van der Waals surface area contributed by atoms with Crippen molar-refractivity contribution in [2.45, 2.75) is 5.16 Å². The average Bonchev–Trinajstić information content (AvgIpc) is 3.30. The third-order valence-electron chi connectivity index (χ3n) is 3.09.